The highest BCUT2D eigenvalue weighted by Crippen LogP contribution is 2.07. The molecule has 2 rings (SSSR count). The fourth-order valence-corrected chi connectivity index (χ4v) is 3.34. The normalized spacial score (nSPS) is 16.9. The molecular weight excluding hydrogens is 434 g/mol. The Labute approximate surface area is 190 Å². The first-order chi connectivity index (χ1) is 15.8. The van der Waals surface area contributed by atoms with Crippen LogP contribution in [0.3, 0.4) is 0 Å². The van der Waals surface area contributed by atoms with Crippen LogP contribution in [0.25, 0.3) is 0 Å². The van der Waals surface area contributed by atoms with E-state index in [0.29, 0.717) is 18.5 Å². The largest absolute Gasteiger partial charge is 0.480 e. The number of nitrogens with one attached hydrogen (secondary N) is 5. The number of carbonyl (C=O) groups is 4. The van der Waals surface area contributed by atoms with E-state index in [1.54, 1.807) is 0 Å². The molecule has 1 aromatic rings. The number of aliphatic imine (C=N–C) groups is 1. The van der Waals surface area contributed by atoms with Crippen molar-refractivity contribution in [1.82, 2.24) is 31.2 Å². The quantitative estimate of drug-likeness (QED) is 0.0837. The first-order valence-corrected chi connectivity index (χ1v) is 10.6. The van der Waals surface area contributed by atoms with E-state index in [0.717, 1.165) is 13.0 Å². The molecule has 1 fully saturated rings. The van der Waals surface area contributed by atoms with Crippen molar-refractivity contribution < 1.29 is 24.3 Å². The number of amides is 3. The molecule has 0 aromatic carbocycles. The Morgan fingerprint density at radius 3 is 2.61 bits per heavy atom. The second-order valence-corrected chi connectivity index (χ2v) is 7.61. The van der Waals surface area contributed by atoms with Gasteiger partial charge in [-0.1, -0.05) is 0 Å². The lowest BCUT2D eigenvalue weighted by Gasteiger charge is -2.24. The summed E-state index contributed by atoms with van der Waals surface area (Å²) in [5, 5.41) is 19.5. The summed E-state index contributed by atoms with van der Waals surface area (Å²) < 4.78 is 0. The Balaban J connectivity index is 2.08. The minimum Gasteiger partial charge on any atom is -0.480 e. The lowest BCUT2D eigenvalue weighted by atomic mass is 10.1. The van der Waals surface area contributed by atoms with Crippen LogP contribution in [0.15, 0.2) is 17.5 Å². The molecule has 0 saturated carbocycles. The number of guanidine groups is 1. The molecule has 14 heteroatoms. The van der Waals surface area contributed by atoms with Gasteiger partial charge in [-0.3, -0.25) is 24.2 Å². The summed E-state index contributed by atoms with van der Waals surface area (Å²) in [5.74, 6) is -2.89. The van der Waals surface area contributed by atoms with Crippen LogP contribution in [0.2, 0.25) is 0 Å². The number of carbonyl (C=O) groups excluding carboxylic acids is 3. The molecule has 0 radical (unpaired) electrons. The van der Waals surface area contributed by atoms with Gasteiger partial charge < -0.3 is 42.8 Å². The highest BCUT2D eigenvalue weighted by atomic mass is 16.4. The molecule has 1 aliphatic heterocycles. The van der Waals surface area contributed by atoms with Gasteiger partial charge in [-0.2, -0.15) is 0 Å². The van der Waals surface area contributed by atoms with Crippen LogP contribution in [0.4, 0.5) is 0 Å². The molecule has 0 bridgehead atoms. The highest BCUT2D eigenvalue weighted by Gasteiger charge is 2.30. The number of nitrogens with zero attached hydrogens (tertiary/aromatic N) is 2. The van der Waals surface area contributed by atoms with Gasteiger partial charge in [-0.25, -0.2) is 4.98 Å². The third-order valence-corrected chi connectivity index (χ3v) is 4.98. The van der Waals surface area contributed by atoms with Crippen LogP contribution in [0.1, 0.15) is 31.4 Å². The number of imidazole rings is 1. The van der Waals surface area contributed by atoms with Crippen LogP contribution in [0.5, 0.6) is 0 Å². The maximum atomic E-state index is 13.1. The second kappa shape index (κ2) is 13.0. The van der Waals surface area contributed by atoms with Crippen molar-refractivity contribution in [3.8, 4) is 0 Å². The van der Waals surface area contributed by atoms with Gasteiger partial charge in [-0.15, -0.1) is 0 Å². The predicted molar refractivity (Wildman–Crippen MR) is 118 cm³/mol. The smallest absolute Gasteiger partial charge is 0.322 e. The third-order valence-electron chi connectivity index (χ3n) is 4.98. The van der Waals surface area contributed by atoms with Gasteiger partial charge in [-0.05, 0) is 32.2 Å². The van der Waals surface area contributed by atoms with E-state index in [-0.39, 0.29) is 31.3 Å². The van der Waals surface area contributed by atoms with E-state index in [2.05, 4.69) is 36.2 Å². The van der Waals surface area contributed by atoms with Crippen molar-refractivity contribution in [2.75, 3.05) is 19.6 Å². The Kier molecular flexibility index (Phi) is 10.1. The molecule has 182 valence electrons. The molecule has 3 atom stereocenters. The molecule has 2 heterocycles. The average Bonchev–Trinajstić information content (AvgIpc) is 3.47. The second-order valence-electron chi connectivity index (χ2n) is 7.61. The SMILES string of the molecule is NC(N)=NCCCC(NC(=O)C(Cc1cnc[nH]1)NC(=O)C1CCCN1)C(=O)NCC(=O)O. The Bertz CT molecular complexity index is 833. The van der Waals surface area contributed by atoms with Crippen LogP contribution in [-0.4, -0.2) is 82.5 Å². The van der Waals surface area contributed by atoms with E-state index >= 15 is 0 Å². The van der Waals surface area contributed by atoms with Gasteiger partial charge in [0.2, 0.25) is 17.7 Å². The standard InChI is InChI=1S/C19H31N9O5/c20-19(21)24-6-2-4-13(16(31)25-9-15(29)30)27-18(33)14(7-11-8-22-10-26-11)28-17(32)12-3-1-5-23-12/h8,10,12-14,23H,1-7,9H2,(H,22,26)(H,25,31)(H,27,33)(H,28,32)(H,29,30)(H4,20,21,24). The maximum absolute atomic E-state index is 13.1. The Morgan fingerprint density at radius 1 is 1.21 bits per heavy atom. The summed E-state index contributed by atoms with van der Waals surface area (Å²) in [6, 6.07) is -2.42. The molecule has 33 heavy (non-hydrogen) atoms. The third kappa shape index (κ3) is 9.14. The first-order valence-electron chi connectivity index (χ1n) is 10.6. The highest BCUT2D eigenvalue weighted by molar-refractivity contribution is 5.93. The van der Waals surface area contributed by atoms with Crippen LogP contribution in [0, 0.1) is 0 Å². The minimum absolute atomic E-state index is 0.103. The summed E-state index contributed by atoms with van der Waals surface area (Å²) in [7, 11) is 0. The summed E-state index contributed by atoms with van der Waals surface area (Å²) in [6.45, 7) is 0.348. The number of rotatable bonds is 13. The Hall–Kier alpha value is -3.68. The van der Waals surface area contributed by atoms with E-state index in [1.165, 1.54) is 12.5 Å². The van der Waals surface area contributed by atoms with Gasteiger partial charge in [0.25, 0.3) is 0 Å². The lowest BCUT2D eigenvalue weighted by Crippen LogP contribution is -2.56. The molecule has 3 amide bonds. The zero-order valence-corrected chi connectivity index (χ0v) is 18.2. The van der Waals surface area contributed by atoms with Gasteiger partial charge in [0.15, 0.2) is 5.96 Å². The van der Waals surface area contributed by atoms with Crippen LogP contribution >= 0.6 is 0 Å². The van der Waals surface area contributed by atoms with Crippen LogP contribution < -0.4 is 32.7 Å². The van der Waals surface area contributed by atoms with Gasteiger partial charge in [0.05, 0.1) is 12.4 Å². The molecule has 1 aliphatic rings. The minimum atomic E-state index is -1.22. The van der Waals surface area contributed by atoms with Crippen molar-refractivity contribution in [3.05, 3.63) is 18.2 Å². The van der Waals surface area contributed by atoms with Crippen molar-refractivity contribution in [1.29, 1.82) is 0 Å². The molecule has 10 N–H and O–H groups in total. The number of hydrogen-bond acceptors (Lipinski definition) is 7. The molecule has 0 aliphatic carbocycles. The number of carboxylic acids is 1. The summed E-state index contributed by atoms with van der Waals surface area (Å²) >= 11 is 0. The summed E-state index contributed by atoms with van der Waals surface area (Å²) in [4.78, 5) is 59.6. The zero-order valence-electron chi connectivity index (χ0n) is 18.2. The number of carboxylic acid groups (broad SMARTS) is 1. The van der Waals surface area contributed by atoms with E-state index < -0.39 is 42.5 Å². The fraction of sp³-hybridized carbons (Fsp3) is 0.579. The number of aromatic amines is 1. The lowest BCUT2D eigenvalue weighted by molar-refractivity contribution is -0.138. The van der Waals surface area contributed by atoms with Crippen molar-refractivity contribution in [2.24, 2.45) is 16.5 Å². The molecule has 3 unspecified atom stereocenters. The van der Waals surface area contributed by atoms with Gasteiger partial charge >= 0.3 is 5.97 Å². The first kappa shape index (κ1) is 25.6. The number of H-pyrrole nitrogens is 1. The number of hydrogen-bond donors (Lipinski definition) is 8. The number of aliphatic carboxylic acids is 1. The maximum Gasteiger partial charge on any atom is 0.322 e. The van der Waals surface area contributed by atoms with Crippen molar-refractivity contribution in [3.63, 3.8) is 0 Å². The van der Waals surface area contributed by atoms with Crippen molar-refractivity contribution in [2.45, 2.75) is 50.2 Å². The van der Waals surface area contributed by atoms with Crippen molar-refractivity contribution >= 4 is 29.7 Å². The molecule has 14 nitrogen and oxygen atoms in total. The molecule has 0 spiro atoms. The monoisotopic (exact) mass is 465 g/mol. The Morgan fingerprint density at radius 2 is 2.00 bits per heavy atom. The van der Waals surface area contributed by atoms with E-state index in [1.807, 2.05) is 0 Å². The number of aromatic nitrogens is 2. The zero-order chi connectivity index (χ0) is 24.2. The van der Waals surface area contributed by atoms with Crippen LogP contribution in [-0.2, 0) is 25.6 Å². The van der Waals surface area contributed by atoms with E-state index in [4.69, 9.17) is 16.6 Å². The molecular formula is C19H31N9O5. The van der Waals surface area contributed by atoms with Gasteiger partial charge in [0.1, 0.15) is 18.6 Å². The molecule has 1 saturated heterocycles. The average molecular weight is 466 g/mol. The summed E-state index contributed by atoms with van der Waals surface area (Å²) in [5.41, 5.74) is 11.2. The topological polar surface area (TPSA) is 230 Å². The molecule has 1 aromatic heterocycles. The van der Waals surface area contributed by atoms with Gasteiger partial charge in [0, 0.05) is 24.9 Å². The summed E-state index contributed by atoms with van der Waals surface area (Å²) in [6.07, 6.45) is 5.15. The fourth-order valence-electron chi connectivity index (χ4n) is 3.34. The number of nitrogens with two attached hydrogens (primary N) is 2. The van der Waals surface area contributed by atoms with E-state index in [9.17, 15) is 19.2 Å². The predicted octanol–water partition coefficient (Wildman–Crippen LogP) is -3.07.